The molecule has 0 radical (unpaired) electrons. The summed E-state index contributed by atoms with van der Waals surface area (Å²) in [6, 6.07) is 0.504. The Hall–Kier alpha value is -0.380. The summed E-state index contributed by atoms with van der Waals surface area (Å²) in [5.74, 6) is 3.26. The fourth-order valence-corrected chi connectivity index (χ4v) is 7.94. The van der Waals surface area contributed by atoms with E-state index in [-0.39, 0.29) is 12.7 Å². The van der Waals surface area contributed by atoms with Gasteiger partial charge in [-0.3, -0.25) is 0 Å². The van der Waals surface area contributed by atoms with E-state index in [0.29, 0.717) is 16.9 Å². The van der Waals surface area contributed by atoms with E-state index in [9.17, 15) is 10.2 Å². The molecule has 26 heavy (non-hydrogen) atoms. The summed E-state index contributed by atoms with van der Waals surface area (Å²) in [6.07, 6.45) is 12.2. The van der Waals surface area contributed by atoms with Crippen LogP contribution < -0.4 is 5.32 Å². The van der Waals surface area contributed by atoms with Gasteiger partial charge in [0, 0.05) is 12.6 Å². The lowest BCUT2D eigenvalue weighted by atomic mass is 9.47. The average molecular weight is 362 g/mol. The lowest BCUT2D eigenvalue weighted by molar-refractivity contribution is -0.0536. The normalized spacial score (nSPS) is 49.0. The molecule has 4 rings (SSSR count). The molecule has 3 heteroatoms. The van der Waals surface area contributed by atoms with E-state index in [1.165, 1.54) is 38.5 Å². The van der Waals surface area contributed by atoms with Crippen molar-refractivity contribution in [2.45, 2.75) is 84.3 Å². The second-order valence-corrected chi connectivity index (χ2v) is 10.4. The highest BCUT2D eigenvalue weighted by Gasteiger charge is 2.59. The lowest BCUT2D eigenvalue weighted by Gasteiger charge is -2.58. The molecule has 0 amide bonds. The van der Waals surface area contributed by atoms with Gasteiger partial charge in [0.2, 0.25) is 0 Å². The molecule has 3 fully saturated rings. The number of nitrogens with one attached hydrogen (secondary N) is 1. The van der Waals surface area contributed by atoms with E-state index < -0.39 is 0 Å². The Bertz CT molecular complexity index is 560. The van der Waals surface area contributed by atoms with E-state index >= 15 is 0 Å². The second kappa shape index (κ2) is 6.90. The lowest BCUT2D eigenvalue weighted by Crippen LogP contribution is -2.52. The third kappa shape index (κ3) is 2.81. The standard InChI is InChI=1S/C23H39NO2/c1-15(24-12-13-25)19-6-7-20-18-5-4-16-14-17(26)8-10-22(16,2)21(18)9-11-23(19,20)3/h4,15,17-21,24-26H,5-14H2,1-3H3/t15-,17+,18+,19-,20+,21+,22+,23-/m1/s1. The van der Waals surface area contributed by atoms with Gasteiger partial charge in [-0.1, -0.05) is 25.5 Å². The molecule has 0 aliphatic heterocycles. The first-order chi connectivity index (χ1) is 12.4. The van der Waals surface area contributed by atoms with Crippen LogP contribution in [0.4, 0.5) is 0 Å². The highest BCUT2D eigenvalue weighted by Crippen LogP contribution is 2.66. The molecule has 4 aliphatic rings. The maximum Gasteiger partial charge on any atom is 0.0577 e. The summed E-state index contributed by atoms with van der Waals surface area (Å²) in [6.45, 7) is 8.39. The largest absolute Gasteiger partial charge is 0.395 e. The highest BCUT2D eigenvalue weighted by molar-refractivity contribution is 5.25. The first-order valence-electron chi connectivity index (χ1n) is 11.1. The predicted octanol–water partition coefficient (Wildman–Crippen LogP) is 3.90. The Labute approximate surface area is 159 Å². The predicted molar refractivity (Wildman–Crippen MR) is 106 cm³/mol. The molecular weight excluding hydrogens is 322 g/mol. The Balaban J connectivity index is 1.56. The number of hydrogen-bond donors (Lipinski definition) is 3. The summed E-state index contributed by atoms with van der Waals surface area (Å²) in [7, 11) is 0. The van der Waals surface area contributed by atoms with Crippen LogP contribution in [0.2, 0.25) is 0 Å². The van der Waals surface area contributed by atoms with Crippen LogP contribution in [0.15, 0.2) is 11.6 Å². The summed E-state index contributed by atoms with van der Waals surface area (Å²) < 4.78 is 0. The fraction of sp³-hybridized carbons (Fsp3) is 0.913. The summed E-state index contributed by atoms with van der Waals surface area (Å²) in [4.78, 5) is 0. The monoisotopic (exact) mass is 361 g/mol. The Kier molecular flexibility index (Phi) is 5.03. The van der Waals surface area contributed by atoms with Gasteiger partial charge in [-0.25, -0.2) is 0 Å². The number of fused-ring (bicyclic) bond motifs is 5. The van der Waals surface area contributed by atoms with Gasteiger partial charge in [0.15, 0.2) is 0 Å². The molecule has 0 unspecified atom stereocenters. The number of aliphatic hydroxyl groups excluding tert-OH is 2. The van der Waals surface area contributed by atoms with Crippen molar-refractivity contribution in [3.63, 3.8) is 0 Å². The molecule has 0 heterocycles. The molecule has 0 bridgehead atoms. The zero-order valence-electron chi connectivity index (χ0n) is 17.0. The molecule has 8 atom stereocenters. The smallest absolute Gasteiger partial charge is 0.0577 e. The summed E-state index contributed by atoms with van der Waals surface area (Å²) in [5, 5.41) is 22.9. The van der Waals surface area contributed by atoms with Crippen molar-refractivity contribution < 1.29 is 10.2 Å². The van der Waals surface area contributed by atoms with Crippen LogP contribution in [0.5, 0.6) is 0 Å². The van der Waals surface area contributed by atoms with Crippen molar-refractivity contribution in [3.05, 3.63) is 11.6 Å². The van der Waals surface area contributed by atoms with Crippen LogP contribution in [-0.2, 0) is 0 Å². The minimum absolute atomic E-state index is 0.103. The summed E-state index contributed by atoms with van der Waals surface area (Å²) in [5.41, 5.74) is 2.38. The van der Waals surface area contributed by atoms with Gasteiger partial charge in [0.25, 0.3) is 0 Å². The Morgan fingerprint density at radius 3 is 2.73 bits per heavy atom. The van der Waals surface area contributed by atoms with E-state index in [0.717, 1.165) is 43.1 Å². The molecule has 3 nitrogen and oxygen atoms in total. The molecule has 4 aliphatic carbocycles. The van der Waals surface area contributed by atoms with Gasteiger partial charge in [-0.2, -0.15) is 0 Å². The zero-order chi connectivity index (χ0) is 18.5. The van der Waals surface area contributed by atoms with Crippen LogP contribution in [0.25, 0.3) is 0 Å². The van der Waals surface area contributed by atoms with Crippen molar-refractivity contribution in [1.82, 2.24) is 5.32 Å². The minimum Gasteiger partial charge on any atom is -0.395 e. The van der Waals surface area contributed by atoms with Gasteiger partial charge in [0.1, 0.15) is 0 Å². The van der Waals surface area contributed by atoms with E-state index in [1.807, 2.05) is 0 Å². The number of allylic oxidation sites excluding steroid dienone is 1. The molecule has 0 spiro atoms. The second-order valence-electron chi connectivity index (χ2n) is 10.4. The van der Waals surface area contributed by atoms with Gasteiger partial charge in [-0.15, -0.1) is 0 Å². The fourth-order valence-electron chi connectivity index (χ4n) is 7.94. The first-order valence-corrected chi connectivity index (χ1v) is 11.1. The van der Waals surface area contributed by atoms with E-state index in [1.54, 1.807) is 5.57 Å². The first kappa shape index (κ1) is 19.0. The van der Waals surface area contributed by atoms with Crippen molar-refractivity contribution in [2.24, 2.45) is 34.5 Å². The molecule has 0 aromatic rings. The van der Waals surface area contributed by atoms with Crippen molar-refractivity contribution in [3.8, 4) is 0 Å². The van der Waals surface area contributed by atoms with Crippen molar-refractivity contribution >= 4 is 0 Å². The molecule has 0 aromatic heterocycles. The van der Waals surface area contributed by atoms with Gasteiger partial charge in [-0.05, 0) is 92.8 Å². The van der Waals surface area contributed by atoms with E-state index in [4.69, 9.17) is 0 Å². The maximum absolute atomic E-state index is 10.2. The zero-order valence-corrected chi connectivity index (χ0v) is 17.0. The number of hydrogen-bond acceptors (Lipinski definition) is 3. The Morgan fingerprint density at radius 1 is 1.15 bits per heavy atom. The molecule has 3 saturated carbocycles. The Morgan fingerprint density at radius 2 is 1.96 bits per heavy atom. The molecule has 148 valence electrons. The quantitative estimate of drug-likeness (QED) is 0.666. The molecule has 0 aromatic carbocycles. The highest BCUT2D eigenvalue weighted by atomic mass is 16.3. The van der Waals surface area contributed by atoms with Crippen LogP contribution in [0.1, 0.15) is 72.1 Å². The van der Waals surface area contributed by atoms with Crippen LogP contribution in [0, 0.1) is 34.5 Å². The van der Waals surface area contributed by atoms with E-state index in [2.05, 4.69) is 32.2 Å². The van der Waals surface area contributed by atoms with Crippen molar-refractivity contribution in [2.75, 3.05) is 13.2 Å². The average Bonchev–Trinajstić information content (AvgIpc) is 2.97. The maximum atomic E-state index is 10.2. The van der Waals surface area contributed by atoms with Crippen LogP contribution in [-0.4, -0.2) is 35.5 Å². The SMILES string of the molecule is C[C@@H](NCCO)[C@H]1CC[C@H]2[C@@H]3CC=C4C[C@@H](O)CC[C@]4(C)[C@H]3CC[C@]12C. The molecule has 0 saturated heterocycles. The van der Waals surface area contributed by atoms with Gasteiger partial charge < -0.3 is 15.5 Å². The number of aliphatic hydroxyl groups is 2. The van der Waals surface area contributed by atoms with Crippen LogP contribution >= 0.6 is 0 Å². The van der Waals surface area contributed by atoms with Crippen molar-refractivity contribution in [1.29, 1.82) is 0 Å². The van der Waals surface area contributed by atoms with Gasteiger partial charge in [0.05, 0.1) is 12.7 Å². The minimum atomic E-state index is -0.103. The summed E-state index contributed by atoms with van der Waals surface area (Å²) >= 11 is 0. The molecular formula is C23H39NO2. The van der Waals surface area contributed by atoms with Crippen LogP contribution in [0.3, 0.4) is 0 Å². The topological polar surface area (TPSA) is 52.5 Å². The molecule has 3 N–H and O–H groups in total. The third-order valence-corrected chi connectivity index (χ3v) is 9.33. The van der Waals surface area contributed by atoms with Gasteiger partial charge >= 0.3 is 0 Å². The third-order valence-electron chi connectivity index (χ3n) is 9.33. The number of rotatable bonds is 4.